The molecule has 7 heteroatoms. The highest BCUT2D eigenvalue weighted by Crippen LogP contribution is 2.15. The average Bonchev–Trinajstić information content (AvgIpc) is 2.43. The maximum absolute atomic E-state index is 5.59. The van der Waals surface area contributed by atoms with Crippen LogP contribution in [0.4, 0.5) is 11.9 Å². The summed E-state index contributed by atoms with van der Waals surface area (Å²) in [6.45, 7) is 1.33. The van der Waals surface area contributed by atoms with Crippen LogP contribution in [0.1, 0.15) is 12.0 Å². The second-order valence-corrected chi connectivity index (χ2v) is 5.14. The maximum atomic E-state index is 5.59. The summed E-state index contributed by atoms with van der Waals surface area (Å²) in [4.78, 5) is 11.7. The van der Waals surface area contributed by atoms with Gasteiger partial charge in [0.25, 0.3) is 0 Å². The van der Waals surface area contributed by atoms with Crippen LogP contribution < -0.4 is 11.5 Å². The molecule has 0 unspecified atom stereocenters. The molecular formula is C13H17N5OS. The molecule has 0 amide bonds. The molecule has 20 heavy (non-hydrogen) atoms. The van der Waals surface area contributed by atoms with E-state index in [1.165, 1.54) is 17.3 Å². The van der Waals surface area contributed by atoms with Crippen molar-refractivity contribution in [3.63, 3.8) is 0 Å². The lowest BCUT2D eigenvalue weighted by molar-refractivity contribution is 0.122. The SMILES string of the molecule is Nc1nc(N)nc(SCCCOCc2ccccc2)n1. The summed E-state index contributed by atoms with van der Waals surface area (Å²) in [7, 11) is 0. The molecule has 0 bridgehead atoms. The minimum Gasteiger partial charge on any atom is -0.377 e. The van der Waals surface area contributed by atoms with E-state index in [0.29, 0.717) is 18.4 Å². The molecule has 0 spiro atoms. The van der Waals surface area contributed by atoms with E-state index in [0.717, 1.165) is 12.2 Å². The molecule has 4 N–H and O–H groups in total. The van der Waals surface area contributed by atoms with Crippen LogP contribution in [0.2, 0.25) is 0 Å². The molecule has 0 radical (unpaired) electrons. The van der Waals surface area contributed by atoms with Crippen molar-refractivity contribution in [2.45, 2.75) is 18.2 Å². The van der Waals surface area contributed by atoms with Crippen molar-refractivity contribution in [1.82, 2.24) is 15.0 Å². The van der Waals surface area contributed by atoms with Gasteiger partial charge in [0.15, 0.2) is 5.16 Å². The standard InChI is InChI=1S/C13H17N5OS/c14-11-16-12(15)18-13(17-11)20-8-4-7-19-9-10-5-2-1-3-6-10/h1-3,5-6H,4,7-9H2,(H4,14,15,16,17,18). The number of ether oxygens (including phenoxy) is 1. The van der Waals surface area contributed by atoms with Gasteiger partial charge in [-0.05, 0) is 12.0 Å². The fraction of sp³-hybridized carbons (Fsp3) is 0.308. The van der Waals surface area contributed by atoms with Crippen molar-refractivity contribution in [2.75, 3.05) is 23.8 Å². The van der Waals surface area contributed by atoms with E-state index in [4.69, 9.17) is 16.2 Å². The van der Waals surface area contributed by atoms with Gasteiger partial charge in [0.05, 0.1) is 6.61 Å². The third-order valence-corrected chi connectivity index (χ3v) is 3.36. The molecule has 2 aromatic rings. The second-order valence-electron chi connectivity index (χ2n) is 4.07. The van der Waals surface area contributed by atoms with Crippen LogP contribution in [0.5, 0.6) is 0 Å². The molecule has 0 saturated heterocycles. The summed E-state index contributed by atoms with van der Waals surface area (Å²) in [5, 5.41) is 0.554. The normalized spacial score (nSPS) is 10.6. The molecule has 2 rings (SSSR count). The van der Waals surface area contributed by atoms with Gasteiger partial charge in [-0.3, -0.25) is 0 Å². The van der Waals surface area contributed by atoms with Crippen LogP contribution in [0, 0.1) is 0 Å². The zero-order valence-electron chi connectivity index (χ0n) is 11.0. The first-order valence-corrected chi connectivity index (χ1v) is 7.24. The molecule has 0 aliphatic carbocycles. The first-order chi connectivity index (χ1) is 9.74. The highest BCUT2D eigenvalue weighted by Gasteiger charge is 2.02. The number of nitrogens with zero attached hydrogens (tertiary/aromatic N) is 3. The van der Waals surface area contributed by atoms with Gasteiger partial charge in [0.2, 0.25) is 11.9 Å². The van der Waals surface area contributed by atoms with Gasteiger partial charge in [-0.25, -0.2) is 0 Å². The Kier molecular flexibility index (Phi) is 5.57. The summed E-state index contributed by atoms with van der Waals surface area (Å²) in [6.07, 6.45) is 0.906. The van der Waals surface area contributed by atoms with E-state index in [1.807, 2.05) is 30.3 Å². The lowest BCUT2D eigenvalue weighted by Crippen LogP contribution is -2.04. The summed E-state index contributed by atoms with van der Waals surface area (Å²) < 4.78 is 5.59. The second kappa shape index (κ2) is 7.66. The van der Waals surface area contributed by atoms with Crippen molar-refractivity contribution in [1.29, 1.82) is 0 Å². The van der Waals surface area contributed by atoms with Crippen LogP contribution in [-0.4, -0.2) is 27.3 Å². The van der Waals surface area contributed by atoms with Crippen molar-refractivity contribution in [3.05, 3.63) is 35.9 Å². The van der Waals surface area contributed by atoms with Crippen LogP contribution in [0.25, 0.3) is 0 Å². The van der Waals surface area contributed by atoms with Gasteiger partial charge in [-0.15, -0.1) is 0 Å². The van der Waals surface area contributed by atoms with E-state index in [9.17, 15) is 0 Å². The smallest absolute Gasteiger partial charge is 0.225 e. The van der Waals surface area contributed by atoms with Crippen molar-refractivity contribution in [3.8, 4) is 0 Å². The van der Waals surface area contributed by atoms with Crippen LogP contribution >= 0.6 is 11.8 Å². The third-order valence-electron chi connectivity index (χ3n) is 2.43. The Bertz CT molecular complexity index is 517. The number of nitrogens with two attached hydrogens (primary N) is 2. The molecule has 0 saturated carbocycles. The Morgan fingerprint density at radius 3 is 2.40 bits per heavy atom. The number of hydrogen-bond donors (Lipinski definition) is 2. The summed E-state index contributed by atoms with van der Waals surface area (Å²) in [5.74, 6) is 1.15. The van der Waals surface area contributed by atoms with E-state index < -0.39 is 0 Å². The Balaban J connectivity index is 1.62. The van der Waals surface area contributed by atoms with Crippen molar-refractivity contribution in [2.24, 2.45) is 0 Å². The zero-order chi connectivity index (χ0) is 14.2. The number of hydrogen-bond acceptors (Lipinski definition) is 7. The third kappa shape index (κ3) is 5.02. The largest absolute Gasteiger partial charge is 0.377 e. The topological polar surface area (TPSA) is 99.9 Å². The molecular weight excluding hydrogens is 274 g/mol. The lowest BCUT2D eigenvalue weighted by atomic mass is 10.2. The summed E-state index contributed by atoms with van der Waals surface area (Å²) in [6, 6.07) is 10.1. The molecule has 1 aromatic carbocycles. The minimum absolute atomic E-state index is 0.153. The van der Waals surface area contributed by atoms with E-state index >= 15 is 0 Å². The molecule has 0 aliphatic rings. The number of aromatic nitrogens is 3. The summed E-state index contributed by atoms with van der Waals surface area (Å²) in [5.41, 5.74) is 12.2. The van der Waals surface area contributed by atoms with Gasteiger partial charge >= 0.3 is 0 Å². The lowest BCUT2D eigenvalue weighted by Gasteiger charge is -2.04. The predicted octanol–water partition coefficient (Wildman–Crippen LogP) is 1.74. The highest BCUT2D eigenvalue weighted by atomic mass is 32.2. The Labute approximate surface area is 122 Å². The summed E-state index contributed by atoms with van der Waals surface area (Å²) >= 11 is 1.49. The molecule has 1 aromatic heterocycles. The Morgan fingerprint density at radius 2 is 1.70 bits per heavy atom. The van der Waals surface area contributed by atoms with Crippen LogP contribution in [0.15, 0.2) is 35.5 Å². The molecule has 0 fully saturated rings. The average molecular weight is 291 g/mol. The van der Waals surface area contributed by atoms with E-state index in [1.54, 1.807) is 0 Å². The highest BCUT2D eigenvalue weighted by molar-refractivity contribution is 7.99. The fourth-order valence-corrected chi connectivity index (χ4v) is 2.30. The molecule has 6 nitrogen and oxygen atoms in total. The first kappa shape index (κ1) is 14.5. The molecule has 0 aliphatic heterocycles. The van der Waals surface area contributed by atoms with Gasteiger partial charge in [0.1, 0.15) is 0 Å². The van der Waals surface area contributed by atoms with Crippen molar-refractivity contribution < 1.29 is 4.74 Å². The Hall–Kier alpha value is -1.86. The fourth-order valence-electron chi connectivity index (χ4n) is 1.54. The number of rotatable bonds is 7. The van der Waals surface area contributed by atoms with Gasteiger partial charge in [-0.1, -0.05) is 42.1 Å². The van der Waals surface area contributed by atoms with E-state index in [-0.39, 0.29) is 11.9 Å². The number of nitrogen functional groups attached to an aromatic ring is 2. The number of anilines is 2. The molecule has 1 heterocycles. The number of benzene rings is 1. The maximum Gasteiger partial charge on any atom is 0.225 e. The monoisotopic (exact) mass is 291 g/mol. The minimum atomic E-state index is 0.153. The van der Waals surface area contributed by atoms with Crippen LogP contribution in [-0.2, 0) is 11.3 Å². The van der Waals surface area contributed by atoms with Gasteiger partial charge in [0, 0.05) is 12.4 Å². The predicted molar refractivity (Wildman–Crippen MR) is 80.1 cm³/mol. The molecule has 106 valence electrons. The zero-order valence-corrected chi connectivity index (χ0v) is 11.8. The molecule has 0 atom stereocenters. The quantitative estimate of drug-likeness (QED) is 0.592. The van der Waals surface area contributed by atoms with Crippen molar-refractivity contribution >= 4 is 23.7 Å². The van der Waals surface area contributed by atoms with E-state index in [2.05, 4.69) is 15.0 Å². The van der Waals surface area contributed by atoms with Crippen LogP contribution in [0.3, 0.4) is 0 Å². The van der Waals surface area contributed by atoms with Gasteiger partial charge < -0.3 is 16.2 Å². The van der Waals surface area contributed by atoms with Gasteiger partial charge in [-0.2, -0.15) is 15.0 Å². The number of thioether (sulfide) groups is 1. The first-order valence-electron chi connectivity index (χ1n) is 6.25. The Morgan fingerprint density at radius 1 is 1.00 bits per heavy atom.